The molecule has 4 heterocycles. The van der Waals surface area contributed by atoms with Gasteiger partial charge in [0.2, 0.25) is 0 Å². The molecule has 5 rings (SSSR count). The third-order valence-electron chi connectivity index (χ3n) is 6.83. The van der Waals surface area contributed by atoms with Gasteiger partial charge in [0.25, 0.3) is 0 Å². The number of aromatic nitrogens is 2. The number of rotatable bonds is 6. The summed E-state index contributed by atoms with van der Waals surface area (Å²) < 4.78 is 5.46. The molecule has 2 aliphatic heterocycles. The number of H-pyrrole nitrogens is 1. The van der Waals surface area contributed by atoms with Crippen LogP contribution in [0.4, 0.5) is 5.69 Å². The third kappa shape index (κ3) is 4.82. The Morgan fingerprint density at radius 2 is 1.72 bits per heavy atom. The minimum absolute atomic E-state index is 0.869. The van der Waals surface area contributed by atoms with Crippen molar-refractivity contribution in [3.63, 3.8) is 0 Å². The number of fused-ring (bicyclic) bond motifs is 1. The van der Waals surface area contributed by atoms with Gasteiger partial charge in [0, 0.05) is 72.8 Å². The van der Waals surface area contributed by atoms with Gasteiger partial charge in [-0.25, -0.2) is 0 Å². The molecule has 0 bridgehead atoms. The van der Waals surface area contributed by atoms with Crippen molar-refractivity contribution in [3.05, 3.63) is 47.8 Å². The number of piperazine rings is 1. The zero-order valence-corrected chi connectivity index (χ0v) is 19.4. The lowest BCUT2D eigenvalue weighted by molar-refractivity contribution is 0.0374. The van der Waals surface area contributed by atoms with Crippen LogP contribution in [0.5, 0.6) is 0 Å². The Morgan fingerprint density at radius 3 is 2.47 bits per heavy atom. The van der Waals surface area contributed by atoms with Crippen molar-refractivity contribution in [2.45, 2.75) is 19.8 Å². The van der Waals surface area contributed by atoms with Crippen LogP contribution in [0.3, 0.4) is 0 Å². The molecule has 0 radical (unpaired) electrons. The summed E-state index contributed by atoms with van der Waals surface area (Å²) in [6, 6.07) is 13.5. The van der Waals surface area contributed by atoms with Crippen LogP contribution >= 0.6 is 0 Å². The van der Waals surface area contributed by atoms with Gasteiger partial charge in [0.15, 0.2) is 0 Å². The van der Waals surface area contributed by atoms with E-state index in [-0.39, 0.29) is 0 Å². The summed E-state index contributed by atoms with van der Waals surface area (Å²) in [7, 11) is 2.20. The van der Waals surface area contributed by atoms with Crippen molar-refractivity contribution in [3.8, 4) is 11.3 Å². The molecule has 2 fully saturated rings. The van der Waals surface area contributed by atoms with Gasteiger partial charge in [-0.1, -0.05) is 12.1 Å². The van der Waals surface area contributed by atoms with E-state index in [1.165, 1.54) is 27.8 Å². The van der Waals surface area contributed by atoms with Gasteiger partial charge in [-0.2, -0.15) is 0 Å². The molecule has 0 amide bonds. The summed E-state index contributed by atoms with van der Waals surface area (Å²) in [5, 5.41) is 1.23. The summed E-state index contributed by atoms with van der Waals surface area (Å²) >= 11 is 0. The minimum atomic E-state index is 0.869. The third-order valence-corrected chi connectivity index (χ3v) is 6.83. The van der Waals surface area contributed by atoms with E-state index in [1.807, 2.05) is 0 Å². The Morgan fingerprint density at radius 1 is 0.969 bits per heavy atom. The van der Waals surface area contributed by atoms with Gasteiger partial charge in [-0.3, -0.25) is 9.88 Å². The molecule has 1 aromatic carbocycles. The molecule has 2 saturated heterocycles. The van der Waals surface area contributed by atoms with Crippen LogP contribution in [0.2, 0.25) is 0 Å². The number of aryl methyl sites for hydroxylation is 2. The van der Waals surface area contributed by atoms with E-state index >= 15 is 0 Å². The highest BCUT2D eigenvalue weighted by Gasteiger charge is 2.16. The molecule has 6 heteroatoms. The lowest BCUT2D eigenvalue weighted by Crippen LogP contribution is -2.44. The van der Waals surface area contributed by atoms with E-state index in [2.05, 4.69) is 70.1 Å². The van der Waals surface area contributed by atoms with Crippen molar-refractivity contribution >= 4 is 16.6 Å². The van der Waals surface area contributed by atoms with Crippen molar-refractivity contribution in [2.75, 3.05) is 71.0 Å². The van der Waals surface area contributed by atoms with E-state index in [0.717, 1.165) is 83.3 Å². The van der Waals surface area contributed by atoms with Crippen molar-refractivity contribution in [1.29, 1.82) is 0 Å². The molecule has 0 saturated carbocycles. The first-order valence-corrected chi connectivity index (χ1v) is 12.0. The lowest BCUT2D eigenvalue weighted by atomic mass is 10.1. The Hall–Kier alpha value is -2.41. The molecule has 6 nitrogen and oxygen atoms in total. The van der Waals surface area contributed by atoms with Gasteiger partial charge in [0.05, 0.1) is 18.9 Å². The van der Waals surface area contributed by atoms with Crippen molar-refractivity contribution in [1.82, 2.24) is 19.8 Å². The predicted octanol–water partition coefficient (Wildman–Crippen LogP) is 3.55. The summed E-state index contributed by atoms with van der Waals surface area (Å²) in [5.74, 6) is 0. The number of hydrogen-bond acceptors (Lipinski definition) is 5. The van der Waals surface area contributed by atoms with E-state index in [4.69, 9.17) is 9.72 Å². The zero-order chi connectivity index (χ0) is 21.9. The summed E-state index contributed by atoms with van der Waals surface area (Å²) in [6.45, 7) is 11.5. The second-order valence-corrected chi connectivity index (χ2v) is 9.26. The zero-order valence-electron chi connectivity index (χ0n) is 19.4. The quantitative estimate of drug-likeness (QED) is 0.644. The number of morpholine rings is 1. The smallest absolute Gasteiger partial charge is 0.0799 e. The Balaban J connectivity index is 1.32. The Kier molecular flexibility index (Phi) is 6.44. The fourth-order valence-corrected chi connectivity index (χ4v) is 4.88. The Bertz CT molecular complexity index is 1030. The van der Waals surface area contributed by atoms with Gasteiger partial charge >= 0.3 is 0 Å². The van der Waals surface area contributed by atoms with Gasteiger partial charge in [-0.15, -0.1) is 0 Å². The molecule has 2 aromatic heterocycles. The summed E-state index contributed by atoms with van der Waals surface area (Å²) in [6.07, 6.45) is 2.22. The number of likely N-dealkylation sites (N-methyl/N-ethyl adjacent to an activating group) is 1. The molecule has 32 heavy (non-hydrogen) atoms. The van der Waals surface area contributed by atoms with Crippen molar-refractivity contribution < 1.29 is 4.74 Å². The topological polar surface area (TPSA) is 47.6 Å². The first-order chi connectivity index (χ1) is 15.7. The fraction of sp³-hybridized carbons (Fsp3) is 0.500. The molecule has 3 aromatic rings. The number of nitrogens with zero attached hydrogens (tertiary/aromatic N) is 4. The predicted molar refractivity (Wildman–Crippen MR) is 132 cm³/mol. The van der Waals surface area contributed by atoms with Gasteiger partial charge < -0.3 is 19.5 Å². The highest BCUT2D eigenvalue weighted by Crippen LogP contribution is 2.30. The van der Waals surface area contributed by atoms with E-state index in [9.17, 15) is 0 Å². The highest BCUT2D eigenvalue weighted by molar-refractivity contribution is 5.94. The van der Waals surface area contributed by atoms with Gasteiger partial charge in [-0.05, 0) is 57.6 Å². The number of anilines is 1. The van der Waals surface area contributed by atoms with Crippen molar-refractivity contribution in [2.24, 2.45) is 0 Å². The Labute approximate surface area is 191 Å². The van der Waals surface area contributed by atoms with E-state index in [1.54, 1.807) is 0 Å². The lowest BCUT2D eigenvalue weighted by Gasteiger charge is -2.34. The standard InChI is InChI=1S/C26H35N5O/c1-20-18-25-24(19-22(28-25)4-3-9-30-14-16-32-17-15-30)26(27-20)21-5-7-23(8-6-21)31-12-10-29(2)11-13-31/h5-8,18-19,28H,3-4,9-17H2,1-2H3. The number of aromatic amines is 1. The maximum absolute atomic E-state index is 5.46. The van der Waals surface area contributed by atoms with E-state index in [0.29, 0.717) is 0 Å². The molecular weight excluding hydrogens is 398 g/mol. The fourth-order valence-electron chi connectivity index (χ4n) is 4.88. The van der Waals surface area contributed by atoms with Crippen LogP contribution in [-0.4, -0.2) is 85.8 Å². The van der Waals surface area contributed by atoms with E-state index < -0.39 is 0 Å². The second kappa shape index (κ2) is 9.61. The van der Waals surface area contributed by atoms with Crippen LogP contribution < -0.4 is 4.90 Å². The molecule has 1 N–H and O–H groups in total. The number of nitrogens with one attached hydrogen (secondary N) is 1. The SMILES string of the molecule is Cc1cc2[nH]c(CCCN3CCOCC3)cc2c(-c2ccc(N3CCN(C)CC3)cc2)n1. The van der Waals surface area contributed by atoms with Gasteiger partial charge in [0.1, 0.15) is 0 Å². The summed E-state index contributed by atoms with van der Waals surface area (Å²) in [5.41, 5.74) is 7.13. The normalized spacial score (nSPS) is 18.5. The maximum atomic E-state index is 5.46. The van der Waals surface area contributed by atoms with Crippen LogP contribution in [0.1, 0.15) is 17.8 Å². The molecule has 0 spiro atoms. The highest BCUT2D eigenvalue weighted by atomic mass is 16.5. The average Bonchev–Trinajstić information content (AvgIpc) is 3.22. The molecule has 0 aliphatic carbocycles. The number of ether oxygens (including phenoxy) is 1. The number of benzene rings is 1. The summed E-state index contributed by atoms with van der Waals surface area (Å²) in [4.78, 5) is 16.0. The van der Waals surface area contributed by atoms with Crippen LogP contribution in [-0.2, 0) is 11.2 Å². The molecule has 0 unspecified atom stereocenters. The maximum Gasteiger partial charge on any atom is 0.0799 e. The first kappa shape index (κ1) is 21.4. The largest absolute Gasteiger partial charge is 0.379 e. The molecular formula is C26H35N5O. The number of pyridine rings is 1. The monoisotopic (exact) mass is 433 g/mol. The molecule has 0 atom stereocenters. The minimum Gasteiger partial charge on any atom is -0.379 e. The average molecular weight is 434 g/mol. The van der Waals surface area contributed by atoms with Crippen LogP contribution in [0.25, 0.3) is 22.2 Å². The second-order valence-electron chi connectivity index (χ2n) is 9.26. The molecule has 2 aliphatic rings. The van der Waals surface area contributed by atoms with Crippen LogP contribution in [0, 0.1) is 6.92 Å². The molecule has 170 valence electrons. The first-order valence-electron chi connectivity index (χ1n) is 12.0. The number of hydrogen-bond donors (Lipinski definition) is 1. The van der Waals surface area contributed by atoms with Crippen LogP contribution in [0.15, 0.2) is 36.4 Å².